The number of nitrogens with zero attached hydrogens (tertiary/aromatic N) is 2. The van der Waals surface area contributed by atoms with Crippen LogP contribution in [-0.4, -0.2) is 25.0 Å². The van der Waals surface area contributed by atoms with Crippen molar-refractivity contribution in [2.24, 2.45) is 10.7 Å². The Kier molecular flexibility index (Phi) is 9.65. The minimum absolute atomic E-state index is 0. The van der Waals surface area contributed by atoms with Crippen molar-refractivity contribution in [2.75, 3.05) is 19.4 Å². The Morgan fingerprint density at radius 1 is 0.923 bits per heavy atom. The molecule has 142 valence electrons. The number of aliphatic imine (C=N–C) groups is 1. The molecular weight excluding hydrogens is 435 g/mol. The zero-order valence-corrected chi connectivity index (χ0v) is 18.6. The van der Waals surface area contributed by atoms with Crippen LogP contribution < -0.4 is 11.1 Å². The van der Waals surface area contributed by atoms with E-state index in [9.17, 15) is 0 Å². The average molecular weight is 466 g/mol. The van der Waals surface area contributed by atoms with E-state index in [1.807, 2.05) is 0 Å². The SMILES string of the molecule is CCc1cccc(CC)c1NC(N)=NCc1ccccc1CN(C)C.I. The lowest BCUT2D eigenvalue weighted by Gasteiger charge is -2.15. The predicted octanol–water partition coefficient (Wildman–Crippen LogP) is 4.42. The molecule has 5 heteroatoms. The fourth-order valence-corrected chi connectivity index (χ4v) is 2.95. The first-order valence-corrected chi connectivity index (χ1v) is 8.94. The van der Waals surface area contributed by atoms with Crippen molar-refractivity contribution in [1.82, 2.24) is 4.90 Å². The maximum Gasteiger partial charge on any atom is 0.193 e. The third kappa shape index (κ3) is 6.29. The van der Waals surface area contributed by atoms with E-state index in [0.29, 0.717) is 12.5 Å². The molecule has 0 aliphatic carbocycles. The van der Waals surface area contributed by atoms with Crippen LogP contribution in [0.15, 0.2) is 47.5 Å². The van der Waals surface area contributed by atoms with Crippen LogP contribution in [0.25, 0.3) is 0 Å². The van der Waals surface area contributed by atoms with Crippen molar-refractivity contribution in [3.63, 3.8) is 0 Å². The summed E-state index contributed by atoms with van der Waals surface area (Å²) in [5, 5.41) is 3.33. The molecule has 0 heterocycles. The Bertz CT molecular complexity index is 703. The number of rotatable bonds is 7. The molecule has 0 bridgehead atoms. The van der Waals surface area contributed by atoms with Gasteiger partial charge in [0.25, 0.3) is 0 Å². The third-order valence-electron chi connectivity index (χ3n) is 4.28. The summed E-state index contributed by atoms with van der Waals surface area (Å²) in [6.45, 7) is 5.80. The average Bonchev–Trinajstić information content (AvgIpc) is 2.60. The van der Waals surface area contributed by atoms with Crippen molar-refractivity contribution in [3.8, 4) is 0 Å². The molecule has 2 rings (SSSR count). The molecule has 0 saturated heterocycles. The largest absolute Gasteiger partial charge is 0.370 e. The lowest BCUT2D eigenvalue weighted by molar-refractivity contribution is 0.401. The summed E-state index contributed by atoms with van der Waals surface area (Å²) in [5.41, 5.74) is 12.3. The molecule has 0 aromatic heterocycles. The van der Waals surface area contributed by atoms with Crippen LogP contribution >= 0.6 is 24.0 Å². The van der Waals surface area contributed by atoms with Gasteiger partial charge in [-0.15, -0.1) is 24.0 Å². The first kappa shape index (κ1) is 22.4. The van der Waals surface area contributed by atoms with Gasteiger partial charge in [-0.2, -0.15) is 0 Å². The summed E-state index contributed by atoms with van der Waals surface area (Å²) in [4.78, 5) is 6.74. The number of hydrogen-bond donors (Lipinski definition) is 2. The number of halogens is 1. The number of para-hydroxylation sites is 1. The zero-order valence-electron chi connectivity index (χ0n) is 16.2. The normalized spacial score (nSPS) is 11.3. The number of hydrogen-bond acceptors (Lipinski definition) is 2. The minimum Gasteiger partial charge on any atom is -0.370 e. The Hall–Kier alpha value is -1.60. The molecule has 0 spiro atoms. The zero-order chi connectivity index (χ0) is 18.2. The van der Waals surface area contributed by atoms with E-state index in [1.54, 1.807) is 0 Å². The number of nitrogens with one attached hydrogen (secondary N) is 1. The van der Waals surface area contributed by atoms with Crippen LogP contribution in [-0.2, 0) is 25.9 Å². The Balaban J connectivity index is 0.00000338. The van der Waals surface area contributed by atoms with Crippen molar-refractivity contribution >= 4 is 35.6 Å². The third-order valence-corrected chi connectivity index (χ3v) is 4.28. The highest BCUT2D eigenvalue weighted by Gasteiger charge is 2.07. The van der Waals surface area contributed by atoms with Crippen LogP contribution in [0.2, 0.25) is 0 Å². The summed E-state index contributed by atoms with van der Waals surface area (Å²) >= 11 is 0. The fraction of sp³-hybridized carbons (Fsp3) is 0.381. The highest BCUT2D eigenvalue weighted by atomic mass is 127. The maximum atomic E-state index is 6.18. The van der Waals surface area contributed by atoms with Gasteiger partial charge in [-0.3, -0.25) is 0 Å². The van der Waals surface area contributed by atoms with Crippen molar-refractivity contribution in [2.45, 2.75) is 39.8 Å². The van der Waals surface area contributed by atoms with Crippen LogP contribution in [0.4, 0.5) is 5.69 Å². The van der Waals surface area contributed by atoms with Gasteiger partial charge in [-0.05, 0) is 49.2 Å². The Labute approximate surface area is 174 Å². The second kappa shape index (κ2) is 11.2. The lowest BCUT2D eigenvalue weighted by Crippen LogP contribution is -2.24. The van der Waals surface area contributed by atoms with Gasteiger partial charge >= 0.3 is 0 Å². The molecule has 0 amide bonds. The van der Waals surface area contributed by atoms with E-state index in [2.05, 4.69) is 85.6 Å². The Morgan fingerprint density at radius 3 is 2.00 bits per heavy atom. The molecular formula is C21H31IN4. The summed E-state index contributed by atoms with van der Waals surface area (Å²) in [6, 6.07) is 14.8. The van der Waals surface area contributed by atoms with E-state index < -0.39 is 0 Å². The smallest absolute Gasteiger partial charge is 0.193 e. The van der Waals surface area contributed by atoms with Crippen LogP contribution in [0, 0.1) is 0 Å². The van der Waals surface area contributed by atoms with Crippen LogP contribution in [0.5, 0.6) is 0 Å². The minimum atomic E-state index is 0. The number of nitrogens with two attached hydrogens (primary N) is 1. The number of aryl methyl sites for hydroxylation is 2. The summed E-state index contributed by atoms with van der Waals surface area (Å²) < 4.78 is 0. The lowest BCUT2D eigenvalue weighted by atomic mass is 10.0. The molecule has 2 aromatic carbocycles. The molecule has 0 saturated carbocycles. The fourth-order valence-electron chi connectivity index (χ4n) is 2.95. The molecule has 0 aliphatic heterocycles. The molecule has 0 atom stereocenters. The first-order chi connectivity index (χ1) is 12.0. The molecule has 0 radical (unpaired) electrons. The van der Waals surface area contributed by atoms with Crippen LogP contribution in [0.3, 0.4) is 0 Å². The topological polar surface area (TPSA) is 53.6 Å². The molecule has 4 nitrogen and oxygen atoms in total. The monoisotopic (exact) mass is 466 g/mol. The summed E-state index contributed by atoms with van der Waals surface area (Å²) in [6.07, 6.45) is 1.93. The van der Waals surface area contributed by atoms with Gasteiger partial charge in [-0.25, -0.2) is 4.99 Å². The van der Waals surface area contributed by atoms with Gasteiger partial charge in [-0.1, -0.05) is 56.3 Å². The quantitative estimate of drug-likeness (QED) is 0.361. The Morgan fingerprint density at radius 2 is 1.46 bits per heavy atom. The van der Waals surface area contributed by atoms with Gasteiger partial charge in [0, 0.05) is 12.2 Å². The standard InChI is InChI=1S/C21H30N4.HI/c1-5-16-12-9-13-17(6-2)20(16)24-21(22)23-14-18-10-7-8-11-19(18)15-25(3)4;/h7-13H,5-6,14-15H2,1-4H3,(H3,22,23,24);1H. The molecule has 0 unspecified atom stereocenters. The van der Waals surface area contributed by atoms with Gasteiger partial charge in [0.1, 0.15) is 0 Å². The number of anilines is 1. The van der Waals surface area contributed by atoms with Crippen molar-refractivity contribution in [3.05, 3.63) is 64.7 Å². The van der Waals surface area contributed by atoms with Gasteiger partial charge in [0.15, 0.2) is 5.96 Å². The number of guanidine groups is 1. The summed E-state index contributed by atoms with van der Waals surface area (Å²) in [7, 11) is 4.15. The van der Waals surface area contributed by atoms with Gasteiger partial charge in [0.2, 0.25) is 0 Å². The van der Waals surface area contributed by atoms with Crippen molar-refractivity contribution < 1.29 is 0 Å². The molecule has 0 fully saturated rings. The van der Waals surface area contributed by atoms with Gasteiger partial charge in [0.05, 0.1) is 6.54 Å². The summed E-state index contributed by atoms with van der Waals surface area (Å²) in [5.74, 6) is 0.468. The van der Waals surface area contributed by atoms with E-state index in [4.69, 9.17) is 5.73 Å². The van der Waals surface area contributed by atoms with Crippen molar-refractivity contribution in [1.29, 1.82) is 0 Å². The number of benzene rings is 2. The second-order valence-electron chi connectivity index (χ2n) is 6.49. The van der Waals surface area contributed by atoms with E-state index in [0.717, 1.165) is 25.1 Å². The molecule has 2 aromatic rings. The first-order valence-electron chi connectivity index (χ1n) is 8.94. The molecule has 3 N–H and O–H groups in total. The highest BCUT2D eigenvalue weighted by Crippen LogP contribution is 2.22. The van der Waals surface area contributed by atoms with E-state index >= 15 is 0 Å². The maximum absolute atomic E-state index is 6.18. The molecule has 0 aliphatic rings. The molecule has 26 heavy (non-hydrogen) atoms. The predicted molar refractivity (Wildman–Crippen MR) is 123 cm³/mol. The van der Waals surface area contributed by atoms with E-state index in [-0.39, 0.29) is 24.0 Å². The highest BCUT2D eigenvalue weighted by molar-refractivity contribution is 14.0. The van der Waals surface area contributed by atoms with Crippen LogP contribution in [0.1, 0.15) is 36.1 Å². The van der Waals surface area contributed by atoms with Gasteiger partial charge < -0.3 is 16.0 Å². The van der Waals surface area contributed by atoms with E-state index in [1.165, 1.54) is 22.3 Å². The second-order valence-corrected chi connectivity index (χ2v) is 6.49.